The molecule has 10 heteroatoms. The quantitative estimate of drug-likeness (QED) is 0.535. The molecule has 0 radical (unpaired) electrons. The van der Waals surface area contributed by atoms with Gasteiger partial charge in [-0.15, -0.1) is 0 Å². The van der Waals surface area contributed by atoms with Gasteiger partial charge in [-0.1, -0.05) is 6.92 Å². The summed E-state index contributed by atoms with van der Waals surface area (Å²) in [4.78, 5) is 35.2. The number of nitrogens with two attached hydrogens (primary N) is 2. The molecular weight excluding hydrogens is 326 g/mol. The predicted molar refractivity (Wildman–Crippen MR) is 91.5 cm³/mol. The normalized spacial score (nSPS) is 11.4. The number of hydrogen-bond acceptors (Lipinski definition) is 8. The molecule has 0 saturated heterocycles. The van der Waals surface area contributed by atoms with Crippen LogP contribution >= 0.6 is 0 Å². The molecule has 132 valence electrons. The molecule has 25 heavy (non-hydrogen) atoms. The molecule has 2 heterocycles. The highest BCUT2D eigenvalue weighted by molar-refractivity contribution is 5.96. The Bertz CT molecular complexity index is 781. The maximum absolute atomic E-state index is 11.6. The van der Waals surface area contributed by atoms with Gasteiger partial charge in [0.1, 0.15) is 11.9 Å². The average Bonchev–Trinajstić information content (AvgIpc) is 2.59. The number of ether oxygens (including phenoxy) is 1. The zero-order valence-corrected chi connectivity index (χ0v) is 13.8. The van der Waals surface area contributed by atoms with E-state index in [4.69, 9.17) is 16.2 Å². The third kappa shape index (κ3) is 4.53. The van der Waals surface area contributed by atoms with Gasteiger partial charge < -0.3 is 26.8 Å². The molecule has 0 saturated carbocycles. The Balaban J connectivity index is 2.34. The number of carbonyl (C=O) groups excluding carboxylic acids is 2. The Morgan fingerprint density at radius 1 is 1.32 bits per heavy atom. The Hall–Kier alpha value is -3.43. The van der Waals surface area contributed by atoms with E-state index < -0.39 is 17.9 Å². The fourth-order valence-corrected chi connectivity index (χ4v) is 2.01. The predicted octanol–water partition coefficient (Wildman–Crippen LogP) is 0.398. The van der Waals surface area contributed by atoms with Crippen molar-refractivity contribution in [3.63, 3.8) is 0 Å². The second-order valence-corrected chi connectivity index (χ2v) is 5.04. The molecule has 10 nitrogen and oxygen atoms in total. The van der Waals surface area contributed by atoms with Crippen LogP contribution in [0, 0.1) is 0 Å². The first-order valence-corrected chi connectivity index (χ1v) is 7.44. The molecule has 0 aromatic carbocycles. The molecule has 0 aliphatic heterocycles. The van der Waals surface area contributed by atoms with Crippen molar-refractivity contribution in [1.82, 2.24) is 15.0 Å². The van der Waals surface area contributed by atoms with Crippen molar-refractivity contribution in [2.24, 2.45) is 11.5 Å². The van der Waals surface area contributed by atoms with Gasteiger partial charge in [0.2, 0.25) is 11.8 Å². The standard InChI is InChI=1S/C15H19N7O3/c1-3-9(13(16)23)21-10-7-19-12(14(17)24)15(22-10)20-8-4-5-18-11(6-8)25-2/h4-7,9H,3H2,1-2H3,(H2,16,23)(H2,17,24)(H2,18,20,21,22). The molecule has 2 aromatic heterocycles. The van der Waals surface area contributed by atoms with E-state index in [1.54, 1.807) is 19.1 Å². The van der Waals surface area contributed by atoms with Crippen molar-refractivity contribution in [1.29, 1.82) is 0 Å². The minimum atomic E-state index is -0.746. The van der Waals surface area contributed by atoms with E-state index >= 15 is 0 Å². The summed E-state index contributed by atoms with van der Waals surface area (Å²) in [5.41, 5.74) is 11.2. The highest BCUT2D eigenvalue weighted by atomic mass is 16.5. The fraction of sp³-hybridized carbons (Fsp3) is 0.267. The van der Waals surface area contributed by atoms with Crippen LogP contribution < -0.4 is 26.8 Å². The molecule has 2 rings (SSSR count). The Morgan fingerprint density at radius 2 is 2.08 bits per heavy atom. The summed E-state index contributed by atoms with van der Waals surface area (Å²) in [5.74, 6) is -0.474. The molecule has 0 spiro atoms. The van der Waals surface area contributed by atoms with Gasteiger partial charge in [0.15, 0.2) is 11.5 Å². The smallest absolute Gasteiger partial charge is 0.271 e. The van der Waals surface area contributed by atoms with Crippen molar-refractivity contribution in [2.75, 3.05) is 17.7 Å². The van der Waals surface area contributed by atoms with Gasteiger partial charge in [0.05, 0.1) is 13.3 Å². The Morgan fingerprint density at radius 3 is 2.68 bits per heavy atom. The van der Waals surface area contributed by atoms with E-state index in [1.807, 2.05) is 0 Å². The van der Waals surface area contributed by atoms with Crippen molar-refractivity contribution in [2.45, 2.75) is 19.4 Å². The minimum Gasteiger partial charge on any atom is -0.481 e. The van der Waals surface area contributed by atoms with Crippen LogP contribution in [0.3, 0.4) is 0 Å². The maximum Gasteiger partial charge on any atom is 0.271 e. The van der Waals surface area contributed by atoms with Gasteiger partial charge in [-0.2, -0.15) is 0 Å². The number of anilines is 3. The van der Waals surface area contributed by atoms with Gasteiger partial charge in [-0.25, -0.2) is 15.0 Å². The van der Waals surface area contributed by atoms with Gasteiger partial charge in [-0.3, -0.25) is 9.59 Å². The average molecular weight is 345 g/mol. The Labute approximate surface area is 144 Å². The fourth-order valence-electron chi connectivity index (χ4n) is 2.01. The largest absolute Gasteiger partial charge is 0.481 e. The maximum atomic E-state index is 11.6. The van der Waals surface area contributed by atoms with Crippen LogP contribution in [0.25, 0.3) is 0 Å². The van der Waals surface area contributed by atoms with Crippen molar-refractivity contribution >= 4 is 29.1 Å². The third-order valence-corrected chi connectivity index (χ3v) is 3.29. The first kappa shape index (κ1) is 17.9. The van der Waals surface area contributed by atoms with Crippen LogP contribution in [-0.2, 0) is 4.79 Å². The molecule has 1 atom stereocenters. The first-order valence-electron chi connectivity index (χ1n) is 7.44. The van der Waals surface area contributed by atoms with Crippen LogP contribution in [0.4, 0.5) is 17.3 Å². The number of nitrogens with one attached hydrogen (secondary N) is 2. The molecule has 1 unspecified atom stereocenters. The highest BCUT2D eigenvalue weighted by Crippen LogP contribution is 2.21. The van der Waals surface area contributed by atoms with Crippen LogP contribution in [0.1, 0.15) is 23.8 Å². The second kappa shape index (κ2) is 7.90. The summed E-state index contributed by atoms with van der Waals surface area (Å²) in [7, 11) is 1.49. The molecule has 2 amide bonds. The summed E-state index contributed by atoms with van der Waals surface area (Å²) in [6.07, 6.45) is 3.31. The molecule has 2 aromatic rings. The lowest BCUT2D eigenvalue weighted by molar-refractivity contribution is -0.118. The Kier molecular flexibility index (Phi) is 5.66. The van der Waals surface area contributed by atoms with E-state index in [2.05, 4.69) is 25.6 Å². The van der Waals surface area contributed by atoms with Gasteiger partial charge in [0.25, 0.3) is 5.91 Å². The van der Waals surface area contributed by atoms with Crippen LogP contribution in [0.15, 0.2) is 24.5 Å². The topological polar surface area (TPSA) is 158 Å². The summed E-state index contributed by atoms with van der Waals surface area (Å²) in [5, 5.41) is 5.80. The van der Waals surface area contributed by atoms with Crippen molar-refractivity contribution in [3.8, 4) is 5.88 Å². The van der Waals surface area contributed by atoms with E-state index in [9.17, 15) is 9.59 Å². The minimum absolute atomic E-state index is 0.0477. The summed E-state index contributed by atoms with van der Waals surface area (Å²) in [6, 6.07) is 2.67. The van der Waals surface area contributed by atoms with E-state index in [-0.39, 0.29) is 17.3 Å². The number of hydrogen-bond donors (Lipinski definition) is 4. The second-order valence-electron chi connectivity index (χ2n) is 5.04. The number of nitrogens with zero attached hydrogens (tertiary/aromatic N) is 3. The number of carbonyl (C=O) groups is 2. The summed E-state index contributed by atoms with van der Waals surface area (Å²) >= 11 is 0. The lowest BCUT2D eigenvalue weighted by atomic mass is 10.2. The van der Waals surface area contributed by atoms with Gasteiger partial charge in [0, 0.05) is 18.0 Å². The summed E-state index contributed by atoms with van der Waals surface area (Å²) < 4.78 is 5.05. The number of aromatic nitrogens is 3. The van der Waals surface area contributed by atoms with Crippen molar-refractivity contribution in [3.05, 3.63) is 30.2 Å². The van der Waals surface area contributed by atoms with E-state index in [1.165, 1.54) is 19.5 Å². The lowest BCUT2D eigenvalue weighted by Crippen LogP contribution is -2.35. The monoisotopic (exact) mass is 345 g/mol. The van der Waals surface area contributed by atoms with Crippen LogP contribution in [0.5, 0.6) is 5.88 Å². The molecule has 0 bridgehead atoms. The number of methoxy groups -OCH3 is 1. The SMILES string of the molecule is CCC(Nc1cnc(C(N)=O)c(Nc2ccnc(OC)c2)n1)C(N)=O. The molecule has 0 fully saturated rings. The van der Waals surface area contributed by atoms with Crippen molar-refractivity contribution < 1.29 is 14.3 Å². The zero-order chi connectivity index (χ0) is 18.4. The van der Waals surface area contributed by atoms with Crippen LogP contribution in [-0.4, -0.2) is 39.9 Å². The molecule has 6 N–H and O–H groups in total. The number of pyridine rings is 1. The van der Waals surface area contributed by atoms with Gasteiger partial charge >= 0.3 is 0 Å². The molecule has 0 aliphatic carbocycles. The van der Waals surface area contributed by atoms with E-state index in [0.29, 0.717) is 18.0 Å². The third-order valence-electron chi connectivity index (χ3n) is 3.29. The number of primary amides is 2. The number of rotatable bonds is 8. The number of amides is 2. The zero-order valence-electron chi connectivity index (χ0n) is 13.8. The van der Waals surface area contributed by atoms with Crippen LogP contribution in [0.2, 0.25) is 0 Å². The lowest BCUT2D eigenvalue weighted by Gasteiger charge is -2.15. The summed E-state index contributed by atoms with van der Waals surface area (Å²) in [6.45, 7) is 1.80. The van der Waals surface area contributed by atoms with E-state index in [0.717, 1.165) is 0 Å². The first-order chi connectivity index (χ1) is 11.9. The molecular formula is C15H19N7O3. The van der Waals surface area contributed by atoms with Gasteiger partial charge in [-0.05, 0) is 12.5 Å². The highest BCUT2D eigenvalue weighted by Gasteiger charge is 2.17. The molecule has 0 aliphatic rings.